The van der Waals surface area contributed by atoms with E-state index in [1.54, 1.807) is 0 Å². The number of fused-ring (bicyclic) bond motifs is 1. The van der Waals surface area contributed by atoms with Crippen LogP contribution in [0.1, 0.15) is 54.6 Å². The van der Waals surface area contributed by atoms with E-state index < -0.39 is 0 Å². The molecule has 0 bridgehead atoms. The number of anilines is 2. The first-order valence-corrected chi connectivity index (χ1v) is 9.61. The van der Waals surface area contributed by atoms with Crippen LogP contribution in [0.15, 0.2) is 18.3 Å². The fourth-order valence-corrected chi connectivity index (χ4v) is 4.20. The first-order valence-electron chi connectivity index (χ1n) is 9.24. The molecule has 6 heteroatoms. The Morgan fingerprint density at radius 2 is 2.00 bits per heavy atom. The van der Waals surface area contributed by atoms with Crippen molar-refractivity contribution in [1.29, 1.82) is 0 Å². The van der Waals surface area contributed by atoms with Gasteiger partial charge in [-0.2, -0.15) is 14.6 Å². The summed E-state index contributed by atoms with van der Waals surface area (Å²) in [5.74, 6) is 2.68. The number of benzene rings is 1. The average molecular weight is 370 g/mol. The van der Waals surface area contributed by atoms with E-state index in [1.807, 2.05) is 37.5 Å². The Balaban J connectivity index is 1.80. The third-order valence-corrected chi connectivity index (χ3v) is 5.50. The summed E-state index contributed by atoms with van der Waals surface area (Å²) >= 11 is 6.47. The van der Waals surface area contributed by atoms with Gasteiger partial charge in [0.05, 0.1) is 16.9 Å². The van der Waals surface area contributed by atoms with Crippen molar-refractivity contribution in [2.45, 2.75) is 52.9 Å². The molecule has 2 heterocycles. The molecule has 136 valence electrons. The van der Waals surface area contributed by atoms with E-state index in [0.29, 0.717) is 16.9 Å². The molecule has 5 nitrogen and oxygen atoms in total. The van der Waals surface area contributed by atoms with Crippen LogP contribution in [0.5, 0.6) is 0 Å². The maximum atomic E-state index is 6.47. The van der Waals surface area contributed by atoms with Gasteiger partial charge in [0.15, 0.2) is 5.65 Å². The molecule has 0 spiro atoms. The third-order valence-electron chi connectivity index (χ3n) is 5.21. The largest absolute Gasteiger partial charge is 0.322 e. The van der Waals surface area contributed by atoms with E-state index in [-0.39, 0.29) is 0 Å². The van der Waals surface area contributed by atoms with Gasteiger partial charge in [-0.25, -0.2) is 4.98 Å². The molecule has 3 aromatic rings. The summed E-state index contributed by atoms with van der Waals surface area (Å²) in [6.07, 6.45) is 5.69. The molecule has 0 amide bonds. The highest BCUT2D eigenvalue weighted by Gasteiger charge is 2.33. The average Bonchev–Trinajstić information content (AvgIpc) is 3.32. The summed E-state index contributed by atoms with van der Waals surface area (Å²) in [5.41, 5.74) is 5.22. The Labute approximate surface area is 158 Å². The van der Waals surface area contributed by atoms with Gasteiger partial charge in [-0.3, -0.25) is 0 Å². The molecular formula is C20H24ClN5. The fourth-order valence-electron chi connectivity index (χ4n) is 3.83. The Morgan fingerprint density at radius 1 is 1.23 bits per heavy atom. The molecule has 1 aliphatic rings. The zero-order valence-corrected chi connectivity index (χ0v) is 16.4. The van der Waals surface area contributed by atoms with Gasteiger partial charge in [0.1, 0.15) is 5.82 Å². The van der Waals surface area contributed by atoms with Gasteiger partial charge in [0, 0.05) is 5.56 Å². The molecule has 1 unspecified atom stereocenters. The highest BCUT2D eigenvalue weighted by atomic mass is 35.5. The lowest BCUT2D eigenvalue weighted by Gasteiger charge is -2.14. The normalized spacial score (nSPS) is 15.4. The highest BCUT2D eigenvalue weighted by molar-refractivity contribution is 6.33. The molecule has 4 rings (SSSR count). The Bertz CT molecular complexity index is 951. The van der Waals surface area contributed by atoms with Crippen molar-refractivity contribution in [3.63, 3.8) is 0 Å². The van der Waals surface area contributed by atoms with Crippen LogP contribution in [0.2, 0.25) is 5.02 Å². The summed E-state index contributed by atoms with van der Waals surface area (Å²) in [5, 5.41) is 8.67. The maximum Gasteiger partial charge on any atom is 0.232 e. The summed E-state index contributed by atoms with van der Waals surface area (Å²) in [6.45, 7) is 8.25. The minimum Gasteiger partial charge on any atom is -0.322 e. The first kappa shape index (κ1) is 17.3. The SMILES string of the molecule is CCC(c1cnn2c(Nc3c(C)cc(C)cc3Cl)nc(C)nc12)C1CC1. The molecule has 0 radical (unpaired) electrons. The van der Waals surface area contributed by atoms with Crippen LogP contribution in [0.3, 0.4) is 0 Å². The summed E-state index contributed by atoms with van der Waals surface area (Å²) in [4.78, 5) is 9.27. The lowest BCUT2D eigenvalue weighted by atomic mass is 9.94. The molecule has 2 aromatic heterocycles. The van der Waals surface area contributed by atoms with Crippen molar-refractivity contribution >= 4 is 28.9 Å². The van der Waals surface area contributed by atoms with Crippen molar-refractivity contribution < 1.29 is 0 Å². The molecule has 1 aliphatic carbocycles. The van der Waals surface area contributed by atoms with E-state index in [0.717, 1.165) is 40.6 Å². The number of nitrogens with one attached hydrogen (secondary N) is 1. The van der Waals surface area contributed by atoms with Crippen molar-refractivity contribution in [3.05, 3.63) is 45.9 Å². The Hall–Kier alpha value is -2.14. The molecule has 0 saturated heterocycles. The van der Waals surface area contributed by atoms with Crippen LogP contribution < -0.4 is 5.32 Å². The standard InChI is InChI=1S/C20H24ClN5/c1-5-15(14-6-7-14)16-10-22-26-19(16)23-13(4)24-20(26)25-18-12(3)8-11(2)9-17(18)21/h8-10,14-15H,5-7H2,1-4H3,(H,23,24,25). The smallest absolute Gasteiger partial charge is 0.232 e. The number of hydrogen-bond acceptors (Lipinski definition) is 4. The second-order valence-electron chi connectivity index (χ2n) is 7.35. The number of rotatable bonds is 5. The van der Waals surface area contributed by atoms with Gasteiger partial charge < -0.3 is 5.32 Å². The van der Waals surface area contributed by atoms with Crippen LogP contribution in [0.4, 0.5) is 11.6 Å². The van der Waals surface area contributed by atoms with Crippen molar-refractivity contribution in [3.8, 4) is 0 Å². The van der Waals surface area contributed by atoms with Crippen LogP contribution in [0.25, 0.3) is 5.65 Å². The lowest BCUT2D eigenvalue weighted by molar-refractivity contribution is 0.589. The highest BCUT2D eigenvalue weighted by Crippen LogP contribution is 2.45. The van der Waals surface area contributed by atoms with Gasteiger partial charge in [0.2, 0.25) is 5.95 Å². The van der Waals surface area contributed by atoms with E-state index in [2.05, 4.69) is 28.4 Å². The number of aryl methyl sites for hydroxylation is 3. The second-order valence-corrected chi connectivity index (χ2v) is 7.75. The number of aromatic nitrogens is 4. The van der Waals surface area contributed by atoms with Crippen molar-refractivity contribution in [1.82, 2.24) is 19.6 Å². The molecule has 0 aliphatic heterocycles. The zero-order chi connectivity index (χ0) is 18.4. The van der Waals surface area contributed by atoms with E-state index >= 15 is 0 Å². The van der Waals surface area contributed by atoms with E-state index in [9.17, 15) is 0 Å². The van der Waals surface area contributed by atoms with Crippen LogP contribution in [-0.4, -0.2) is 19.6 Å². The Morgan fingerprint density at radius 3 is 2.65 bits per heavy atom. The maximum absolute atomic E-state index is 6.47. The Kier molecular flexibility index (Phi) is 4.35. The van der Waals surface area contributed by atoms with Gasteiger partial charge in [0.25, 0.3) is 0 Å². The summed E-state index contributed by atoms with van der Waals surface area (Å²) < 4.78 is 1.81. The minimum atomic E-state index is 0.527. The third kappa shape index (κ3) is 3.05. The lowest BCUT2D eigenvalue weighted by Crippen LogP contribution is -2.08. The number of nitrogens with zero attached hydrogens (tertiary/aromatic N) is 4. The van der Waals surface area contributed by atoms with E-state index in [4.69, 9.17) is 16.6 Å². The van der Waals surface area contributed by atoms with Crippen molar-refractivity contribution in [2.75, 3.05) is 5.32 Å². The predicted molar refractivity (Wildman–Crippen MR) is 105 cm³/mol. The summed E-state index contributed by atoms with van der Waals surface area (Å²) in [7, 11) is 0. The quantitative estimate of drug-likeness (QED) is 0.658. The van der Waals surface area contributed by atoms with E-state index in [1.165, 1.54) is 18.4 Å². The first-order chi connectivity index (χ1) is 12.5. The zero-order valence-electron chi connectivity index (χ0n) is 15.7. The monoisotopic (exact) mass is 369 g/mol. The second kappa shape index (κ2) is 6.54. The topological polar surface area (TPSA) is 55.1 Å². The van der Waals surface area contributed by atoms with Gasteiger partial charge in [-0.1, -0.05) is 24.6 Å². The van der Waals surface area contributed by atoms with Gasteiger partial charge in [-0.05, 0) is 69.1 Å². The molecule has 1 aromatic carbocycles. The van der Waals surface area contributed by atoms with Crippen LogP contribution in [-0.2, 0) is 0 Å². The molecule has 1 N–H and O–H groups in total. The van der Waals surface area contributed by atoms with Crippen LogP contribution >= 0.6 is 11.6 Å². The number of hydrogen-bond donors (Lipinski definition) is 1. The minimum absolute atomic E-state index is 0.527. The van der Waals surface area contributed by atoms with Gasteiger partial charge in [-0.15, -0.1) is 0 Å². The summed E-state index contributed by atoms with van der Waals surface area (Å²) in [6, 6.07) is 4.06. The van der Waals surface area contributed by atoms with Crippen LogP contribution in [0, 0.1) is 26.7 Å². The molecule has 1 atom stereocenters. The predicted octanol–water partition coefficient (Wildman–Crippen LogP) is 5.35. The molecule has 1 saturated carbocycles. The molecule has 1 fully saturated rings. The van der Waals surface area contributed by atoms with Gasteiger partial charge >= 0.3 is 0 Å². The fraction of sp³-hybridized carbons (Fsp3) is 0.450. The molecular weight excluding hydrogens is 346 g/mol. The number of halogens is 1. The molecule has 26 heavy (non-hydrogen) atoms. The van der Waals surface area contributed by atoms with Crippen molar-refractivity contribution in [2.24, 2.45) is 5.92 Å².